The highest BCUT2D eigenvalue weighted by Crippen LogP contribution is 2.13. The summed E-state index contributed by atoms with van der Waals surface area (Å²) in [6.45, 7) is 2.15. The number of benzene rings is 1. The van der Waals surface area contributed by atoms with E-state index < -0.39 is 17.8 Å². The van der Waals surface area contributed by atoms with Crippen molar-refractivity contribution in [1.29, 1.82) is 5.26 Å². The second-order valence-corrected chi connectivity index (χ2v) is 4.10. The van der Waals surface area contributed by atoms with Gasteiger partial charge in [-0.25, -0.2) is 4.39 Å². The Morgan fingerprint density at radius 3 is 2.78 bits per heavy atom. The highest BCUT2D eigenvalue weighted by atomic mass is 19.1. The van der Waals surface area contributed by atoms with E-state index in [9.17, 15) is 9.18 Å². The third-order valence-corrected chi connectivity index (χ3v) is 2.79. The summed E-state index contributed by atoms with van der Waals surface area (Å²) in [4.78, 5) is 12.6. The Bertz CT molecular complexity index is 482. The Labute approximate surface area is 105 Å². The molecule has 0 aliphatic heterocycles. The average molecular weight is 250 g/mol. The Kier molecular flexibility index (Phi) is 4.81. The first-order valence-corrected chi connectivity index (χ1v) is 5.61. The van der Waals surface area contributed by atoms with Crippen LogP contribution >= 0.6 is 0 Å². The predicted molar refractivity (Wildman–Crippen MR) is 64.3 cm³/mol. The number of hydrogen-bond donors (Lipinski definition) is 1. The van der Waals surface area contributed by atoms with E-state index >= 15 is 0 Å². The molecule has 1 aromatic carbocycles. The number of nitrogens with zero attached hydrogens (tertiary/aromatic N) is 2. The summed E-state index contributed by atoms with van der Waals surface area (Å²) in [6.07, 6.45) is 0.484. The average Bonchev–Trinajstić information content (AvgIpc) is 2.32. The van der Waals surface area contributed by atoms with Crippen LogP contribution in [0, 0.1) is 17.1 Å². The molecule has 18 heavy (non-hydrogen) atoms. The second kappa shape index (κ2) is 6.12. The van der Waals surface area contributed by atoms with Gasteiger partial charge in [0.1, 0.15) is 17.9 Å². The van der Waals surface area contributed by atoms with Crippen LogP contribution in [0.4, 0.5) is 4.39 Å². The zero-order chi connectivity index (χ0) is 13.7. The van der Waals surface area contributed by atoms with Gasteiger partial charge in [0.15, 0.2) is 0 Å². The number of hydrogen-bond acceptors (Lipinski definition) is 3. The first-order valence-electron chi connectivity index (χ1n) is 5.61. The number of carbonyl (C=O) groups is 1. The van der Waals surface area contributed by atoms with Gasteiger partial charge < -0.3 is 5.11 Å². The van der Waals surface area contributed by atoms with Gasteiger partial charge in [-0.2, -0.15) is 5.26 Å². The van der Waals surface area contributed by atoms with E-state index in [0.717, 1.165) is 5.56 Å². The Balaban J connectivity index is 2.85. The van der Waals surface area contributed by atoms with Crippen molar-refractivity contribution in [2.45, 2.75) is 25.9 Å². The molecule has 0 fully saturated rings. The van der Waals surface area contributed by atoms with E-state index in [-0.39, 0.29) is 5.56 Å². The topological polar surface area (TPSA) is 64.3 Å². The molecule has 0 aliphatic carbocycles. The minimum atomic E-state index is -0.886. The van der Waals surface area contributed by atoms with Crippen LogP contribution in [0.15, 0.2) is 18.2 Å². The fourth-order valence-electron chi connectivity index (χ4n) is 1.83. The maximum Gasteiger partial charge on any atom is 0.320 e. The quantitative estimate of drug-likeness (QED) is 0.868. The fourth-order valence-corrected chi connectivity index (χ4v) is 1.83. The van der Waals surface area contributed by atoms with Gasteiger partial charge in [-0.15, -0.1) is 0 Å². The maximum absolute atomic E-state index is 13.1. The lowest BCUT2D eigenvalue weighted by Crippen LogP contribution is -2.37. The summed E-state index contributed by atoms with van der Waals surface area (Å²) in [5, 5.41) is 17.7. The minimum Gasteiger partial charge on any atom is -0.480 e. The van der Waals surface area contributed by atoms with E-state index in [1.54, 1.807) is 31.0 Å². The first-order chi connectivity index (χ1) is 8.49. The number of nitriles is 1. The number of likely N-dealkylation sites (N-methyl/N-ethyl adjacent to an activating group) is 1. The minimum absolute atomic E-state index is 0.0238. The number of halogens is 1. The molecule has 0 aromatic heterocycles. The van der Waals surface area contributed by atoms with E-state index in [0.29, 0.717) is 13.0 Å². The van der Waals surface area contributed by atoms with Crippen LogP contribution in [-0.4, -0.2) is 29.1 Å². The number of carboxylic acids is 1. The molecule has 1 aromatic rings. The highest BCUT2D eigenvalue weighted by Gasteiger charge is 2.20. The fraction of sp³-hybridized carbons (Fsp3) is 0.385. The summed E-state index contributed by atoms with van der Waals surface area (Å²) >= 11 is 0. The van der Waals surface area contributed by atoms with E-state index in [4.69, 9.17) is 10.4 Å². The molecule has 0 heterocycles. The maximum atomic E-state index is 13.1. The van der Waals surface area contributed by atoms with Gasteiger partial charge in [-0.3, -0.25) is 9.69 Å². The van der Waals surface area contributed by atoms with Gasteiger partial charge in [-0.05, 0) is 31.2 Å². The van der Waals surface area contributed by atoms with Crippen LogP contribution in [0.5, 0.6) is 0 Å². The third-order valence-electron chi connectivity index (χ3n) is 2.79. The summed E-state index contributed by atoms with van der Waals surface area (Å²) in [6, 6.07) is 5.41. The number of carboxylic acid groups (broad SMARTS) is 1. The molecule has 0 spiro atoms. The zero-order valence-electron chi connectivity index (χ0n) is 10.4. The molecule has 1 atom stereocenters. The summed E-state index contributed by atoms with van der Waals surface area (Å²) in [5.41, 5.74) is 0.694. The summed E-state index contributed by atoms with van der Waals surface area (Å²) in [5.74, 6) is -1.45. The van der Waals surface area contributed by atoms with Crippen molar-refractivity contribution in [3.63, 3.8) is 0 Å². The molecular weight excluding hydrogens is 235 g/mol. The molecule has 0 bridgehead atoms. The lowest BCUT2D eigenvalue weighted by molar-refractivity contribution is -0.143. The third kappa shape index (κ3) is 3.28. The molecule has 1 rings (SSSR count). The summed E-state index contributed by atoms with van der Waals surface area (Å²) in [7, 11) is 1.69. The number of rotatable bonds is 5. The van der Waals surface area contributed by atoms with Crippen molar-refractivity contribution in [2.75, 3.05) is 7.05 Å². The molecule has 0 aliphatic rings. The lowest BCUT2D eigenvalue weighted by atomic mass is 10.1. The van der Waals surface area contributed by atoms with Crippen LogP contribution in [0.3, 0.4) is 0 Å². The van der Waals surface area contributed by atoms with Crippen molar-refractivity contribution in [3.05, 3.63) is 35.1 Å². The van der Waals surface area contributed by atoms with Gasteiger partial charge in [0.2, 0.25) is 0 Å². The highest BCUT2D eigenvalue weighted by molar-refractivity contribution is 5.73. The van der Waals surface area contributed by atoms with Crippen LogP contribution in [0.1, 0.15) is 24.5 Å². The normalized spacial score (nSPS) is 12.2. The van der Waals surface area contributed by atoms with Crippen molar-refractivity contribution in [2.24, 2.45) is 0 Å². The Hall–Kier alpha value is -1.93. The van der Waals surface area contributed by atoms with E-state index in [1.165, 1.54) is 12.1 Å². The van der Waals surface area contributed by atoms with Gasteiger partial charge in [-0.1, -0.05) is 13.0 Å². The molecule has 4 nitrogen and oxygen atoms in total. The SMILES string of the molecule is CCC(C(=O)O)N(C)Cc1ccc(F)c(C#N)c1. The largest absolute Gasteiger partial charge is 0.480 e. The smallest absolute Gasteiger partial charge is 0.320 e. The van der Waals surface area contributed by atoms with E-state index in [2.05, 4.69) is 0 Å². The van der Waals surface area contributed by atoms with Crippen molar-refractivity contribution >= 4 is 5.97 Å². The van der Waals surface area contributed by atoms with Crippen LogP contribution in [-0.2, 0) is 11.3 Å². The molecule has 1 N–H and O–H groups in total. The monoisotopic (exact) mass is 250 g/mol. The molecule has 0 amide bonds. The lowest BCUT2D eigenvalue weighted by Gasteiger charge is -2.23. The van der Waals surface area contributed by atoms with Crippen molar-refractivity contribution in [1.82, 2.24) is 4.90 Å². The van der Waals surface area contributed by atoms with Gasteiger partial charge in [0.25, 0.3) is 0 Å². The predicted octanol–water partition coefficient (Wildman–Crippen LogP) is 1.99. The van der Waals surface area contributed by atoms with Crippen molar-refractivity contribution < 1.29 is 14.3 Å². The molecule has 0 saturated heterocycles. The van der Waals surface area contributed by atoms with Gasteiger partial charge >= 0.3 is 5.97 Å². The first kappa shape index (κ1) is 14.1. The molecule has 0 saturated carbocycles. The van der Waals surface area contributed by atoms with Crippen LogP contribution < -0.4 is 0 Å². The van der Waals surface area contributed by atoms with Gasteiger partial charge in [0.05, 0.1) is 5.56 Å². The van der Waals surface area contributed by atoms with E-state index in [1.807, 2.05) is 0 Å². The van der Waals surface area contributed by atoms with Crippen LogP contribution in [0.2, 0.25) is 0 Å². The molecule has 96 valence electrons. The van der Waals surface area contributed by atoms with Crippen LogP contribution in [0.25, 0.3) is 0 Å². The van der Waals surface area contributed by atoms with Gasteiger partial charge in [0, 0.05) is 6.54 Å². The Morgan fingerprint density at radius 2 is 2.28 bits per heavy atom. The molecule has 5 heteroatoms. The molecular formula is C13H15FN2O2. The van der Waals surface area contributed by atoms with Crippen molar-refractivity contribution in [3.8, 4) is 6.07 Å². The Morgan fingerprint density at radius 1 is 1.61 bits per heavy atom. The zero-order valence-corrected chi connectivity index (χ0v) is 10.4. The molecule has 1 unspecified atom stereocenters. The second-order valence-electron chi connectivity index (χ2n) is 4.10. The molecule has 0 radical (unpaired) electrons. The summed E-state index contributed by atoms with van der Waals surface area (Å²) < 4.78 is 13.1. The standard InChI is InChI=1S/C13H15FN2O2/c1-3-12(13(17)18)16(2)8-9-4-5-11(14)10(6-9)7-15/h4-6,12H,3,8H2,1-2H3,(H,17,18). The number of aliphatic carboxylic acids is 1.